The van der Waals surface area contributed by atoms with Gasteiger partial charge in [-0.1, -0.05) is 30.3 Å². The summed E-state index contributed by atoms with van der Waals surface area (Å²) in [5, 5.41) is 9.17. The Bertz CT molecular complexity index is 1170. The number of aryl methyl sites for hydroxylation is 4. The van der Waals surface area contributed by atoms with Gasteiger partial charge in [-0.15, -0.1) is 10.2 Å². The van der Waals surface area contributed by atoms with Crippen LogP contribution in [-0.2, 0) is 0 Å². The highest BCUT2D eigenvalue weighted by Gasteiger charge is 2.14. The molecule has 0 saturated carbocycles. The molecule has 0 aliphatic rings. The molecule has 0 aliphatic carbocycles. The number of hydrogen-bond acceptors (Lipinski definition) is 3. The quantitative estimate of drug-likeness (QED) is 0.380. The number of nitrogens with zero attached hydrogens (tertiary/aromatic N) is 4. The van der Waals surface area contributed by atoms with Gasteiger partial charge >= 0.3 is 0 Å². The van der Waals surface area contributed by atoms with Crippen LogP contribution >= 0.6 is 0 Å². The Hall–Kier alpha value is -3.27. The van der Waals surface area contributed by atoms with E-state index >= 15 is 0 Å². The third-order valence-electron chi connectivity index (χ3n) is 4.90. The van der Waals surface area contributed by atoms with Gasteiger partial charge in [0.2, 0.25) is 0 Å². The first-order valence-corrected chi connectivity index (χ1v) is 9.06. The Labute approximate surface area is 159 Å². The molecule has 0 amide bonds. The molecule has 134 valence electrons. The van der Waals surface area contributed by atoms with Crippen molar-refractivity contribution < 1.29 is 0 Å². The van der Waals surface area contributed by atoms with E-state index in [0.29, 0.717) is 0 Å². The van der Waals surface area contributed by atoms with Crippen LogP contribution in [0.5, 0.6) is 0 Å². The van der Waals surface area contributed by atoms with E-state index in [4.69, 9.17) is 4.98 Å². The number of aromatic nitrogens is 2. The molecule has 4 heteroatoms. The highest BCUT2D eigenvalue weighted by atomic mass is 15.2. The number of pyridine rings is 1. The molecule has 2 aromatic carbocycles. The summed E-state index contributed by atoms with van der Waals surface area (Å²) in [7, 11) is 0. The molecule has 0 spiro atoms. The topological polar surface area (TPSA) is 42.0 Å². The van der Waals surface area contributed by atoms with Gasteiger partial charge in [-0.2, -0.15) is 0 Å². The molecule has 0 atom stereocenters. The van der Waals surface area contributed by atoms with Gasteiger partial charge in [0, 0.05) is 11.8 Å². The van der Waals surface area contributed by atoms with Crippen molar-refractivity contribution in [3.05, 3.63) is 83.0 Å². The second-order valence-electron chi connectivity index (χ2n) is 7.00. The summed E-state index contributed by atoms with van der Waals surface area (Å²) in [5.41, 5.74) is 8.42. The maximum absolute atomic E-state index is 4.82. The third-order valence-corrected chi connectivity index (χ3v) is 4.90. The lowest BCUT2D eigenvalue weighted by molar-refractivity contribution is 1.10. The highest BCUT2D eigenvalue weighted by molar-refractivity contribution is 5.75. The predicted molar refractivity (Wildman–Crippen MR) is 110 cm³/mol. The van der Waals surface area contributed by atoms with Gasteiger partial charge in [0.05, 0.1) is 5.69 Å². The van der Waals surface area contributed by atoms with Crippen molar-refractivity contribution in [2.75, 3.05) is 0 Å². The Morgan fingerprint density at radius 1 is 0.778 bits per heavy atom. The molecule has 0 N–H and O–H groups in total. The number of fused-ring (bicyclic) bond motifs is 1. The molecule has 27 heavy (non-hydrogen) atoms. The SMILES string of the molecule is Cc1ccc(C)c(N=Nc2c(-c3ccc(C)c(C)c3)nc3ccccn23)c1. The molecule has 4 rings (SSSR count). The largest absolute Gasteiger partial charge is 0.283 e. The van der Waals surface area contributed by atoms with Crippen molar-refractivity contribution in [2.24, 2.45) is 10.2 Å². The minimum Gasteiger partial charge on any atom is -0.283 e. The fraction of sp³-hybridized carbons (Fsp3) is 0.174. The van der Waals surface area contributed by atoms with Gasteiger partial charge in [-0.25, -0.2) is 4.98 Å². The summed E-state index contributed by atoms with van der Waals surface area (Å²) < 4.78 is 1.99. The lowest BCUT2D eigenvalue weighted by atomic mass is 10.0. The molecular formula is C23H22N4. The molecule has 0 unspecified atom stereocenters. The van der Waals surface area contributed by atoms with Crippen LogP contribution < -0.4 is 0 Å². The second kappa shape index (κ2) is 6.80. The van der Waals surface area contributed by atoms with E-state index in [1.807, 2.05) is 35.7 Å². The van der Waals surface area contributed by atoms with E-state index in [9.17, 15) is 0 Å². The molecule has 4 nitrogen and oxygen atoms in total. The molecule has 0 bridgehead atoms. The molecular weight excluding hydrogens is 332 g/mol. The Morgan fingerprint density at radius 2 is 1.59 bits per heavy atom. The van der Waals surface area contributed by atoms with Gasteiger partial charge < -0.3 is 0 Å². The van der Waals surface area contributed by atoms with Crippen LogP contribution in [0.1, 0.15) is 22.3 Å². The van der Waals surface area contributed by atoms with E-state index in [-0.39, 0.29) is 0 Å². The van der Waals surface area contributed by atoms with Crippen molar-refractivity contribution in [3.8, 4) is 11.3 Å². The minimum atomic E-state index is 0.745. The molecule has 2 heterocycles. The Kier molecular flexibility index (Phi) is 4.32. The first kappa shape index (κ1) is 17.2. The van der Waals surface area contributed by atoms with Crippen molar-refractivity contribution in [3.63, 3.8) is 0 Å². The molecule has 0 aliphatic heterocycles. The van der Waals surface area contributed by atoms with Gasteiger partial charge in [0.25, 0.3) is 0 Å². The number of benzene rings is 2. The van der Waals surface area contributed by atoms with Crippen molar-refractivity contribution >= 4 is 17.2 Å². The van der Waals surface area contributed by atoms with Crippen molar-refractivity contribution in [2.45, 2.75) is 27.7 Å². The summed E-state index contributed by atoms with van der Waals surface area (Å²) in [6.45, 7) is 8.34. The lowest BCUT2D eigenvalue weighted by Gasteiger charge is -2.04. The average molecular weight is 354 g/mol. The monoisotopic (exact) mass is 354 g/mol. The summed E-state index contributed by atoms with van der Waals surface area (Å²) in [6, 6.07) is 18.5. The van der Waals surface area contributed by atoms with E-state index < -0.39 is 0 Å². The van der Waals surface area contributed by atoms with Crippen LogP contribution in [0.3, 0.4) is 0 Å². The minimum absolute atomic E-state index is 0.745. The fourth-order valence-corrected chi connectivity index (χ4v) is 3.09. The smallest absolute Gasteiger partial charge is 0.187 e. The van der Waals surface area contributed by atoms with Crippen LogP contribution in [0.25, 0.3) is 16.9 Å². The zero-order chi connectivity index (χ0) is 19.0. The maximum Gasteiger partial charge on any atom is 0.187 e. The normalized spacial score (nSPS) is 11.6. The van der Waals surface area contributed by atoms with E-state index in [1.165, 1.54) is 16.7 Å². The average Bonchev–Trinajstić information content (AvgIpc) is 3.03. The zero-order valence-electron chi connectivity index (χ0n) is 16.1. The van der Waals surface area contributed by atoms with Crippen LogP contribution in [-0.4, -0.2) is 9.38 Å². The summed E-state index contributed by atoms with van der Waals surface area (Å²) in [4.78, 5) is 4.82. The lowest BCUT2D eigenvalue weighted by Crippen LogP contribution is -1.85. The third kappa shape index (κ3) is 3.26. The standard InChI is InChI=1S/C23H22N4/c1-15-8-9-17(3)20(13-15)25-26-23-22(19-11-10-16(2)18(4)14-19)24-21-7-5-6-12-27(21)23/h5-14H,1-4H3. The van der Waals surface area contributed by atoms with Crippen LogP contribution in [0.2, 0.25) is 0 Å². The second-order valence-corrected chi connectivity index (χ2v) is 7.00. The van der Waals surface area contributed by atoms with Crippen LogP contribution in [0.4, 0.5) is 11.5 Å². The first-order chi connectivity index (χ1) is 13.0. The van der Waals surface area contributed by atoms with Crippen molar-refractivity contribution in [1.82, 2.24) is 9.38 Å². The predicted octanol–water partition coefficient (Wildman–Crippen LogP) is 6.65. The molecule has 0 fully saturated rings. The molecule has 0 saturated heterocycles. The number of hydrogen-bond donors (Lipinski definition) is 0. The number of azo groups is 1. The van der Waals surface area contributed by atoms with Gasteiger partial charge in [0.1, 0.15) is 11.3 Å². The summed E-state index contributed by atoms with van der Waals surface area (Å²) >= 11 is 0. The zero-order valence-corrected chi connectivity index (χ0v) is 16.1. The van der Waals surface area contributed by atoms with Crippen LogP contribution in [0, 0.1) is 27.7 Å². The number of imidazole rings is 1. The van der Waals surface area contributed by atoms with E-state index in [1.54, 1.807) is 0 Å². The fourth-order valence-electron chi connectivity index (χ4n) is 3.09. The molecule has 0 radical (unpaired) electrons. The van der Waals surface area contributed by atoms with Gasteiger partial charge in [-0.3, -0.25) is 4.40 Å². The molecule has 2 aromatic heterocycles. The van der Waals surface area contributed by atoms with Gasteiger partial charge in [-0.05, 0) is 74.2 Å². The number of rotatable bonds is 3. The van der Waals surface area contributed by atoms with Crippen molar-refractivity contribution in [1.29, 1.82) is 0 Å². The first-order valence-electron chi connectivity index (χ1n) is 9.06. The summed E-state index contributed by atoms with van der Waals surface area (Å²) in [6.07, 6.45) is 1.98. The molecule has 4 aromatic rings. The van der Waals surface area contributed by atoms with Crippen LogP contribution in [0.15, 0.2) is 71.0 Å². The highest BCUT2D eigenvalue weighted by Crippen LogP contribution is 2.33. The van der Waals surface area contributed by atoms with E-state index in [0.717, 1.165) is 34.0 Å². The maximum atomic E-state index is 4.82. The van der Waals surface area contributed by atoms with Gasteiger partial charge in [0.15, 0.2) is 5.82 Å². The van der Waals surface area contributed by atoms with E-state index in [2.05, 4.69) is 67.4 Å². The Morgan fingerprint density at radius 3 is 2.41 bits per heavy atom. The Balaban J connectivity index is 1.89. The summed E-state index contributed by atoms with van der Waals surface area (Å²) in [5.74, 6) is 0.745.